The topological polar surface area (TPSA) is 26.0 Å². The summed E-state index contributed by atoms with van der Waals surface area (Å²) in [7, 11) is 0. The molecule has 1 aromatic heterocycles. The van der Waals surface area contributed by atoms with Gasteiger partial charge in [0.15, 0.2) is 0 Å². The van der Waals surface area contributed by atoms with Crippen LogP contribution < -0.4 is 5.73 Å². The summed E-state index contributed by atoms with van der Waals surface area (Å²) >= 11 is 1.83. The molecule has 0 aliphatic heterocycles. The minimum atomic E-state index is 0.505. The number of benzene rings is 2. The van der Waals surface area contributed by atoms with Crippen molar-refractivity contribution < 1.29 is 0 Å². The SMILES string of the molecule is Cc1ccc(CC(CN)Cc2csc3ccccc23)cc1. The zero-order valence-corrected chi connectivity index (χ0v) is 13.2. The minimum absolute atomic E-state index is 0.505. The van der Waals surface area contributed by atoms with Crippen molar-refractivity contribution >= 4 is 21.4 Å². The van der Waals surface area contributed by atoms with Crippen LogP contribution in [0.25, 0.3) is 10.1 Å². The number of thiophene rings is 1. The molecule has 1 heterocycles. The van der Waals surface area contributed by atoms with Gasteiger partial charge in [-0.3, -0.25) is 0 Å². The molecule has 0 aliphatic rings. The highest BCUT2D eigenvalue weighted by Gasteiger charge is 2.12. The maximum Gasteiger partial charge on any atom is 0.0345 e. The lowest BCUT2D eigenvalue weighted by Crippen LogP contribution is -2.19. The molecule has 0 spiro atoms. The zero-order chi connectivity index (χ0) is 14.7. The van der Waals surface area contributed by atoms with Gasteiger partial charge in [0.05, 0.1) is 0 Å². The maximum atomic E-state index is 6.01. The van der Waals surface area contributed by atoms with Gasteiger partial charge in [-0.05, 0) is 60.2 Å². The molecular weight excluding hydrogens is 274 g/mol. The largest absolute Gasteiger partial charge is 0.330 e. The summed E-state index contributed by atoms with van der Waals surface area (Å²) in [5.41, 5.74) is 10.2. The molecule has 0 aliphatic carbocycles. The predicted octanol–water partition coefficient (Wildman–Crippen LogP) is 4.57. The average molecular weight is 295 g/mol. The Balaban J connectivity index is 1.76. The number of fused-ring (bicyclic) bond motifs is 1. The van der Waals surface area contributed by atoms with E-state index in [2.05, 4.69) is 60.8 Å². The number of aryl methyl sites for hydroxylation is 1. The Kier molecular flexibility index (Phi) is 4.37. The molecule has 1 nitrogen and oxygen atoms in total. The van der Waals surface area contributed by atoms with Crippen molar-refractivity contribution in [3.63, 3.8) is 0 Å². The van der Waals surface area contributed by atoms with Crippen LogP contribution in [-0.2, 0) is 12.8 Å². The van der Waals surface area contributed by atoms with Crippen LogP contribution >= 0.6 is 11.3 Å². The number of nitrogens with two attached hydrogens (primary N) is 1. The second-order valence-electron chi connectivity index (χ2n) is 5.75. The van der Waals surface area contributed by atoms with E-state index >= 15 is 0 Å². The summed E-state index contributed by atoms with van der Waals surface area (Å²) in [5.74, 6) is 0.505. The molecule has 0 saturated carbocycles. The fourth-order valence-corrected chi connectivity index (χ4v) is 3.77. The standard InChI is InChI=1S/C19H21NS/c1-14-6-8-15(9-7-14)10-16(12-20)11-17-13-21-19-5-3-2-4-18(17)19/h2-9,13,16H,10-12,20H2,1H3. The summed E-state index contributed by atoms with van der Waals surface area (Å²) in [5, 5.41) is 3.69. The van der Waals surface area contributed by atoms with Crippen LogP contribution in [0.5, 0.6) is 0 Å². The van der Waals surface area contributed by atoms with Crippen LogP contribution in [0, 0.1) is 12.8 Å². The average Bonchev–Trinajstić information content (AvgIpc) is 2.92. The molecule has 3 aromatic rings. The third-order valence-corrected chi connectivity index (χ3v) is 5.06. The van der Waals surface area contributed by atoms with E-state index in [1.165, 1.54) is 26.8 Å². The van der Waals surface area contributed by atoms with E-state index < -0.39 is 0 Å². The van der Waals surface area contributed by atoms with Crippen molar-refractivity contribution in [1.82, 2.24) is 0 Å². The first-order chi connectivity index (χ1) is 10.3. The quantitative estimate of drug-likeness (QED) is 0.733. The summed E-state index contributed by atoms with van der Waals surface area (Å²) in [6, 6.07) is 17.5. The van der Waals surface area contributed by atoms with Crippen molar-refractivity contribution in [2.45, 2.75) is 19.8 Å². The van der Waals surface area contributed by atoms with Gasteiger partial charge in [0.25, 0.3) is 0 Å². The van der Waals surface area contributed by atoms with Gasteiger partial charge in [0, 0.05) is 4.70 Å². The molecule has 0 radical (unpaired) electrons. The Labute approximate surface area is 130 Å². The molecule has 1 atom stereocenters. The van der Waals surface area contributed by atoms with E-state index in [9.17, 15) is 0 Å². The van der Waals surface area contributed by atoms with Crippen molar-refractivity contribution in [3.8, 4) is 0 Å². The van der Waals surface area contributed by atoms with Crippen LogP contribution in [0.15, 0.2) is 53.9 Å². The Morgan fingerprint density at radius 2 is 1.76 bits per heavy atom. The van der Waals surface area contributed by atoms with Gasteiger partial charge < -0.3 is 5.73 Å². The normalized spacial score (nSPS) is 12.7. The Hall–Kier alpha value is -1.64. The molecule has 0 amide bonds. The minimum Gasteiger partial charge on any atom is -0.330 e. The van der Waals surface area contributed by atoms with E-state index in [0.29, 0.717) is 5.92 Å². The first-order valence-electron chi connectivity index (χ1n) is 7.47. The highest BCUT2D eigenvalue weighted by molar-refractivity contribution is 7.17. The van der Waals surface area contributed by atoms with Crippen LogP contribution in [0.4, 0.5) is 0 Å². The van der Waals surface area contributed by atoms with Crippen LogP contribution in [-0.4, -0.2) is 6.54 Å². The molecule has 2 aromatic carbocycles. The second-order valence-corrected chi connectivity index (χ2v) is 6.66. The third kappa shape index (κ3) is 3.34. The third-order valence-electron chi connectivity index (χ3n) is 4.05. The molecule has 0 fully saturated rings. The fraction of sp³-hybridized carbons (Fsp3) is 0.263. The van der Waals surface area contributed by atoms with Gasteiger partial charge in [0.1, 0.15) is 0 Å². The number of rotatable bonds is 5. The summed E-state index contributed by atoms with van der Waals surface area (Å²) < 4.78 is 1.37. The highest BCUT2D eigenvalue weighted by atomic mass is 32.1. The van der Waals surface area contributed by atoms with Crippen LogP contribution in [0.2, 0.25) is 0 Å². The van der Waals surface area contributed by atoms with Gasteiger partial charge in [0.2, 0.25) is 0 Å². The molecule has 2 N–H and O–H groups in total. The van der Waals surface area contributed by atoms with Crippen molar-refractivity contribution in [3.05, 3.63) is 70.6 Å². The molecule has 0 bridgehead atoms. The van der Waals surface area contributed by atoms with Gasteiger partial charge in [-0.1, -0.05) is 48.0 Å². The molecule has 2 heteroatoms. The Bertz CT molecular complexity index is 712. The van der Waals surface area contributed by atoms with Crippen LogP contribution in [0.3, 0.4) is 0 Å². The summed E-state index contributed by atoms with van der Waals surface area (Å²) in [4.78, 5) is 0. The first-order valence-corrected chi connectivity index (χ1v) is 8.35. The highest BCUT2D eigenvalue weighted by Crippen LogP contribution is 2.28. The number of hydrogen-bond donors (Lipinski definition) is 1. The number of hydrogen-bond acceptors (Lipinski definition) is 2. The van der Waals surface area contributed by atoms with Gasteiger partial charge in [-0.25, -0.2) is 0 Å². The van der Waals surface area contributed by atoms with Crippen molar-refractivity contribution in [2.75, 3.05) is 6.54 Å². The fourth-order valence-electron chi connectivity index (χ4n) is 2.80. The van der Waals surface area contributed by atoms with E-state index in [0.717, 1.165) is 19.4 Å². The molecule has 108 valence electrons. The molecule has 1 unspecified atom stereocenters. The molecule has 21 heavy (non-hydrogen) atoms. The van der Waals surface area contributed by atoms with Gasteiger partial charge >= 0.3 is 0 Å². The van der Waals surface area contributed by atoms with Crippen molar-refractivity contribution in [1.29, 1.82) is 0 Å². The maximum absolute atomic E-state index is 6.01. The van der Waals surface area contributed by atoms with E-state index in [-0.39, 0.29) is 0 Å². The van der Waals surface area contributed by atoms with Crippen LogP contribution in [0.1, 0.15) is 16.7 Å². The smallest absolute Gasteiger partial charge is 0.0345 e. The van der Waals surface area contributed by atoms with E-state index in [1.54, 1.807) is 0 Å². The van der Waals surface area contributed by atoms with E-state index in [4.69, 9.17) is 5.73 Å². The van der Waals surface area contributed by atoms with Gasteiger partial charge in [-0.2, -0.15) is 0 Å². The van der Waals surface area contributed by atoms with Gasteiger partial charge in [-0.15, -0.1) is 11.3 Å². The Morgan fingerprint density at radius 1 is 1.00 bits per heavy atom. The lowest BCUT2D eigenvalue weighted by atomic mass is 9.92. The monoisotopic (exact) mass is 295 g/mol. The van der Waals surface area contributed by atoms with E-state index in [1.807, 2.05) is 11.3 Å². The summed E-state index contributed by atoms with van der Waals surface area (Å²) in [6.45, 7) is 2.86. The molecular formula is C19H21NS. The summed E-state index contributed by atoms with van der Waals surface area (Å²) in [6.07, 6.45) is 2.12. The molecule has 3 rings (SSSR count). The van der Waals surface area contributed by atoms with Crippen molar-refractivity contribution in [2.24, 2.45) is 11.7 Å². The molecule has 0 saturated heterocycles. The predicted molar refractivity (Wildman–Crippen MR) is 93.0 cm³/mol. The Morgan fingerprint density at radius 3 is 2.52 bits per heavy atom. The first kappa shape index (κ1) is 14.3. The lowest BCUT2D eigenvalue weighted by molar-refractivity contribution is 0.535. The second kappa shape index (κ2) is 6.42. The lowest BCUT2D eigenvalue weighted by Gasteiger charge is -2.14. The zero-order valence-electron chi connectivity index (χ0n) is 12.4.